The minimum atomic E-state index is -4.72. The number of piperidine rings is 1. The van der Waals surface area contributed by atoms with Gasteiger partial charge in [0.1, 0.15) is 25.0 Å². The van der Waals surface area contributed by atoms with Crippen molar-refractivity contribution in [1.82, 2.24) is 14.6 Å². The molecule has 1 saturated heterocycles. The monoisotopic (exact) mass is 463 g/mol. The summed E-state index contributed by atoms with van der Waals surface area (Å²) in [5, 5.41) is 4.27. The van der Waals surface area contributed by atoms with Crippen LogP contribution in [-0.2, 0) is 6.18 Å². The molecule has 0 spiro atoms. The largest absolute Gasteiger partial charge is 0.490 e. The van der Waals surface area contributed by atoms with Crippen LogP contribution in [0.15, 0.2) is 35.1 Å². The molecule has 0 atom stereocenters. The summed E-state index contributed by atoms with van der Waals surface area (Å²) in [5.41, 5.74) is -1.75. The summed E-state index contributed by atoms with van der Waals surface area (Å²) in [6.07, 6.45) is -5.20. The number of aromatic nitrogens is 3. The van der Waals surface area contributed by atoms with E-state index in [0.29, 0.717) is 73.8 Å². The topological polar surface area (TPSA) is 78.2 Å². The first kappa shape index (κ1) is 20.1. The molecule has 2 aromatic heterocycles. The Morgan fingerprint density at radius 1 is 1.12 bits per heavy atom. The predicted molar refractivity (Wildman–Crippen MR) is 112 cm³/mol. The third kappa shape index (κ3) is 4.27. The SMILES string of the molecule is [2H]C1(Oc2ccc3c(c2)OCCO3)CCN(c2nn3c(=O)cc(C(F)(F)F)nc3cc2C)CC1. The number of aryl methyl sites for hydroxylation is 1. The van der Waals surface area contributed by atoms with Crippen molar-refractivity contribution < 1.29 is 28.8 Å². The highest BCUT2D eigenvalue weighted by Gasteiger charge is 2.34. The van der Waals surface area contributed by atoms with Crippen LogP contribution >= 0.6 is 0 Å². The number of fused-ring (bicyclic) bond motifs is 2. The van der Waals surface area contributed by atoms with Gasteiger partial charge in [0.15, 0.2) is 28.7 Å². The Labute approximate surface area is 187 Å². The zero-order valence-corrected chi connectivity index (χ0v) is 17.7. The molecule has 0 N–H and O–H groups in total. The molecule has 0 radical (unpaired) electrons. The van der Waals surface area contributed by atoms with E-state index in [2.05, 4.69) is 10.1 Å². The number of alkyl halides is 3. The zero-order chi connectivity index (χ0) is 24.1. The fourth-order valence-electron chi connectivity index (χ4n) is 3.90. The van der Waals surface area contributed by atoms with Crippen molar-refractivity contribution >= 4 is 11.5 Å². The van der Waals surface area contributed by atoms with Gasteiger partial charge in [0.05, 0.1) is 1.37 Å². The normalized spacial score (nSPS) is 18.2. The molecular weight excluding hydrogens is 441 g/mol. The number of hydrogen-bond donors (Lipinski definition) is 0. The van der Waals surface area contributed by atoms with E-state index in [4.69, 9.17) is 15.6 Å². The van der Waals surface area contributed by atoms with Crippen LogP contribution in [0.2, 0.25) is 0 Å². The van der Waals surface area contributed by atoms with Crippen LogP contribution in [0.25, 0.3) is 5.65 Å². The van der Waals surface area contributed by atoms with Gasteiger partial charge in [-0.25, -0.2) is 4.98 Å². The van der Waals surface area contributed by atoms with Crippen molar-refractivity contribution in [3.05, 3.63) is 51.9 Å². The molecule has 0 saturated carbocycles. The van der Waals surface area contributed by atoms with Crippen LogP contribution in [0.1, 0.15) is 25.5 Å². The highest BCUT2D eigenvalue weighted by atomic mass is 19.4. The number of rotatable bonds is 3. The van der Waals surface area contributed by atoms with Gasteiger partial charge in [-0.15, -0.1) is 5.10 Å². The van der Waals surface area contributed by atoms with Crippen LogP contribution < -0.4 is 24.7 Å². The van der Waals surface area contributed by atoms with E-state index in [1.807, 2.05) is 4.90 Å². The van der Waals surface area contributed by atoms with Gasteiger partial charge >= 0.3 is 6.18 Å². The molecule has 2 aliphatic heterocycles. The van der Waals surface area contributed by atoms with Crippen molar-refractivity contribution in [2.45, 2.75) is 32.0 Å². The molecule has 4 heterocycles. The lowest BCUT2D eigenvalue weighted by Gasteiger charge is -2.33. The molecule has 0 amide bonds. The molecule has 11 heteroatoms. The average molecular weight is 463 g/mol. The van der Waals surface area contributed by atoms with E-state index in [1.54, 1.807) is 25.1 Å². The molecular formula is C22H21F3N4O4. The second-order valence-electron chi connectivity index (χ2n) is 7.83. The van der Waals surface area contributed by atoms with Crippen LogP contribution in [0.4, 0.5) is 19.0 Å². The maximum Gasteiger partial charge on any atom is 0.433 e. The number of halogens is 3. The fourth-order valence-corrected chi connectivity index (χ4v) is 3.90. The second-order valence-corrected chi connectivity index (χ2v) is 7.83. The first-order valence-corrected chi connectivity index (χ1v) is 10.4. The maximum atomic E-state index is 13.0. The molecule has 33 heavy (non-hydrogen) atoms. The van der Waals surface area contributed by atoms with E-state index in [1.165, 1.54) is 6.07 Å². The average Bonchev–Trinajstić information content (AvgIpc) is 2.78. The van der Waals surface area contributed by atoms with Gasteiger partial charge in [0.25, 0.3) is 5.56 Å². The smallest absolute Gasteiger partial charge is 0.433 e. The Bertz CT molecular complexity index is 1310. The quantitative estimate of drug-likeness (QED) is 0.590. The minimum Gasteiger partial charge on any atom is -0.490 e. The van der Waals surface area contributed by atoms with Crippen LogP contribution in [-0.4, -0.2) is 47.0 Å². The van der Waals surface area contributed by atoms with E-state index in [9.17, 15) is 18.0 Å². The Balaban J connectivity index is 1.34. The number of hydrogen-bond acceptors (Lipinski definition) is 7. The molecule has 1 aromatic carbocycles. The summed E-state index contributed by atoms with van der Waals surface area (Å²) in [6, 6.07) is 7.04. The van der Waals surface area contributed by atoms with Crippen LogP contribution in [0.3, 0.4) is 0 Å². The van der Waals surface area contributed by atoms with Gasteiger partial charge in [0.2, 0.25) is 0 Å². The third-order valence-electron chi connectivity index (χ3n) is 5.50. The molecule has 0 bridgehead atoms. The van der Waals surface area contributed by atoms with E-state index in [-0.39, 0.29) is 5.65 Å². The zero-order valence-electron chi connectivity index (χ0n) is 18.7. The molecule has 0 unspecified atom stereocenters. The molecule has 1 fully saturated rings. The van der Waals surface area contributed by atoms with Crippen molar-refractivity contribution in [3.63, 3.8) is 0 Å². The molecule has 174 valence electrons. The lowest BCUT2D eigenvalue weighted by atomic mass is 10.1. The van der Waals surface area contributed by atoms with Crippen molar-refractivity contribution in [2.24, 2.45) is 0 Å². The highest BCUT2D eigenvalue weighted by Crippen LogP contribution is 2.35. The molecule has 2 aliphatic rings. The number of anilines is 1. The Morgan fingerprint density at radius 2 is 1.85 bits per heavy atom. The summed E-state index contributed by atoms with van der Waals surface area (Å²) in [7, 11) is 0. The minimum absolute atomic E-state index is 0.171. The lowest BCUT2D eigenvalue weighted by molar-refractivity contribution is -0.141. The number of ether oxygens (including phenoxy) is 3. The predicted octanol–water partition coefficient (Wildman–Crippen LogP) is 3.24. The van der Waals surface area contributed by atoms with Gasteiger partial charge in [-0.1, -0.05) is 0 Å². The maximum absolute atomic E-state index is 13.0. The molecule has 0 aliphatic carbocycles. The Hall–Kier alpha value is -3.50. The summed E-state index contributed by atoms with van der Waals surface area (Å²) >= 11 is 0. The van der Waals surface area contributed by atoms with Crippen molar-refractivity contribution in [2.75, 3.05) is 31.2 Å². The van der Waals surface area contributed by atoms with E-state index >= 15 is 0 Å². The standard InChI is InChI=1S/C22H21F3N4O4/c1-13-10-19-26-18(22(23,24)25)12-20(30)29(19)27-21(13)28-6-4-14(5-7-28)33-15-2-3-16-17(11-15)32-9-8-31-16/h2-3,10-12,14H,4-9H2,1H3/i14D. The number of nitrogens with zero attached hydrogens (tertiary/aromatic N) is 4. The first-order chi connectivity index (χ1) is 16.1. The van der Waals surface area contributed by atoms with Crippen LogP contribution in [0, 0.1) is 6.92 Å². The van der Waals surface area contributed by atoms with Crippen molar-refractivity contribution in [3.8, 4) is 17.2 Å². The summed E-state index contributed by atoms with van der Waals surface area (Å²) in [5.74, 6) is 2.18. The molecule has 3 aromatic rings. The second kappa shape index (κ2) is 8.13. The van der Waals surface area contributed by atoms with Gasteiger partial charge in [-0.05, 0) is 30.7 Å². The van der Waals surface area contributed by atoms with Crippen molar-refractivity contribution in [1.29, 1.82) is 0 Å². The van der Waals surface area contributed by atoms with E-state index in [0.717, 1.165) is 4.52 Å². The van der Waals surface area contributed by atoms with Crippen LogP contribution in [0.5, 0.6) is 17.2 Å². The third-order valence-corrected chi connectivity index (χ3v) is 5.50. The van der Waals surface area contributed by atoms with Gasteiger partial charge in [0, 0.05) is 38.1 Å². The van der Waals surface area contributed by atoms with Gasteiger partial charge < -0.3 is 19.1 Å². The fraction of sp³-hybridized carbons (Fsp3) is 0.409. The van der Waals surface area contributed by atoms with Gasteiger partial charge in [-0.3, -0.25) is 4.79 Å². The Kier molecular flexibility index (Phi) is 4.96. The first-order valence-electron chi connectivity index (χ1n) is 10.9. The summed E-state index contributed by atoms with van der Waals surface area (Å²) in [4.78, 5) is 17.7. The molecule has 8 nitrogen and oxygen atoms in total. The van der Waals surface area contributed by atoms with E-state index < -0.39 is 23.5 Å². The Morgan fingerprint density at radius 3 is 2.58 bits per heavy atom. The summed E-state index contributed by atoms with van der Waals surface area (Å²) < 4.78 is 65.6. The highest BCUT2D eigenvalue weighted by molar-refractivity contribution is 5.53. The number of benzene rings is 1. The lowest BCUT2D eigenvalue weighted by Crippen LogP contribution is -2.39. The van der Waals surface area contributed by atoms with Gasteiger partial charge in [-0.2, -0.15) is 17.7 Å². The summed E-state index contributed by atoms with van der Waals surface area (Å²) in [6.45, 7) is 3.46. The molecule has 5 rings (SSSR count).